The summed E-state index contributed by atoms with van der Waals surface area (Å²) in [5.41, 5.74) is 0.573. The molecular formula is C19H22F3NO3. The topological polar surface area (TPSA) is 47.6 Å². The molecule has 0 spiro atoms. The number of fused-ring (bicyclic) bond motifs is 1. The van der Waals surface area contributed by atoms with Gasteiger partial charge in [0.2, 0.25) is 0 Å². The molecule has 1 unspecified atom stereocenters. The predicted octanol–water partition coefficient (Wildman–Crippen LogP) is 4.77. The van der Waals surface area contributed by atoms with Crippen molar-refractivity contribution >= 4 is 16.7 Å². The highest BCUT2D eigenvalue weighted by Gasteiger charge is 2.40. The van der Waals surface area contributed by atoms with Gasteiger partial charge in [-0.1, -0.05) is 44.0 Å². The summed E-state index contributed by atoms with van der Waals surface area (Å²) in [5, 5.41) is 3.56. The van der Waals surface area contributed by atoms with Gasteiger partial charge in [-0.2, -0.15) is 13.2 Å². The molecular weight excluding hydrogens is 347 g/mol. The van der Waals surface area contributed by atoms with Crippen molar-refractivity contribution < 1.29 is 27.4 Å². The van der Waals surface area contributed by atoms with Gasteiger partial charge in [0.25, 0.3) is 0 Å². The number of carbonyl (C=O) groups is 1. The lowest BCUT2D eigenvalue weighted by Gasteiger charge is -2.23. The van der Waals surface area contributed by atoms with Crippen molar-refractivity contribution in [2.24, 2.45) is 0 Å². The van der Waals surface area contributed by atoms with Gasteiger partial charge in [0.15, 0.2) is 11.5 Å². The average Bonchev–Trinajstić information content (AvgIpc) is 2.62. The van der Waals surface area contributed by atoms with Crippen LogP contribution in [0.1, 0.15) is 37.8 Å². The molecule has 0 radical (unpaired) electrons. The summed E-state index contributed by atoms with van der Waals surface area (Å²) in [7, 11) is 2.97. The van der Waals surface area contributed by atoms with Crippen LogP contribution in [0.4, 0.5) is 13.2 Å². The Labute approximate surface area is 150 Å². The number of ether oxygens (including phenoxy) is 2. The van der Waals surface area contributed by atoms with Crippen LogP contribution >= 0.6 is 0 Å². The van der Waals surface area contributed by atoms with Crippen molar-refractivity contribution in [3.8, 4) is 11.5 Å². The van der Waals surface area contributed by atoms with Crippen molar-refractivity contribution in [1.82, 2.24) is 5.32 Å². The molecule has 1 atom stereocenters. The predicted molar refractivity (Wildman–Crippen MR) is 93.5 cm³/mol. The molecule has 0 aliphatic heterocycles. The highest BCUT2D eigenvalue weighted by Crippen LogP contribution is 2.40. The highest BCUT2D eigenvalue weighted by molar-refractivity contribution is 5.94. The van der Waals surface area contributed by atoms with Gasteiger partial charge >= 0.3 is 12.1 Å². The van der Waals surface area contributed by atoms with E-state index in [9.17, 15) is 18.0 Å². The zero-order chi connectivity index (χ0) is 19.3. The van der Waals surface area contributed by atoms with Gasteiger partial charge in [-0.15, -0.1) is 0 Å². The van der Waals surface area contributed by atoms with Gasteiger partial charge in [-0.3, -0.25) is 4.79 Å². The van der Waals surface area contributed by atoms with Crippen molar-refractivity contribution in [1.29, 1.82) is 0 Å². The first-order chi connectivity index (χ1) is 12.3. The lowest BCUT2D eigenvalue weighted by molar-refractivity contribution is -0.174. The van der Waals surface area contributed by atoms with E-state index in [2.05, 4.69) is 5.32 Å². The fourth-order valence-electron chi connectivity index (χ4n) is 2.95. The summed E-state index contributed by atoms with van der Waals surface area (Å²) < 4.78 is 49.1. The molecule has 1 amide bonds. The van der Waals surface area contributed by atoms with Crippen molar-refractivity contribution in [2.75, 3.05) is 14.2 Å². The van der Waals surface area contributed by atoms with E-state index in [1.807, 2.05) is 19.1 Å². The maximum absolute atomic E-state index is 12.8. The molecule has 0 aliphatic rings. The molecule has 2 rings (SSSR count). The second kappa shape index (κ2) is 8.29. The van der Waals surface area contributed by atoms with Gasteiger partial charge in [0.05, 0.1) is 20.3 Å². The molecule has 2 aromatic carbocycles. The van der Waals surface area contributed by atoms with E-state index in [0.29, 0.717) is 40.7 Å². The van der Waals surface area contributed by atoms with E-state index in [-0.39, 0.29) is 0 Å². The third-order valence-corrected chi connectivity index (χ3v) is 4.20. The summed E-state index contributed by atoms with van der Waals surface area (Å²) in [6.45, 7) is 1.94. The van der Waals surface area contributed by atoms with Crippen LogP contribution in [0.15, 0.2) is 30.3 Å². The molecule has 0 fully saturated rings. The van der Waals surface area contributed by atoms with Gasteiger partial charge in [0.1, 0.15) is 0 Å². The third kappa shape index (κ3) is 4.20. The van der Waals surface area contributed by atoms with E-state index in [1.54, 1.807) is 18.2 Å². The van der Waals surface area contributed by atoms with Crippen LogP contribution in [-0.4, -0.2) is 26.3 Å². The largest absolute Gasteiger partial charge is 0.493 e. The summed E-state index contributed by atoms with van der Waals surface area (Å²) in [4.78, 5) is 11.5. The molecule has 26 heavy (non-hydrogen) atoms. The molecule has 0 saturated heterocycles. The Hall–Kier alpha value is -2.44. The minimum Gasteiger partial charge on any atom is -0.493 e. The zero-order valence-electron chi connectivity index (χ0n) is 14.9. The quantitative estimate of drug-likeness (QED) is 0.765. The fraction of sp³-hybridized carbons (Fsp3) is 0.421. The Balaban J connectivity index is 2.59. The van der Waals surface area contributed by atoms with Crippen molar-refractivity contribution in [3.63, 3.8) is 0 Å². The van der Waals surface area contributed by atoms with E-state index in [0.717, 1.165) is 6.42 Å². The number of hydrogen-bond acceptors (Lipinski definition) is 3. The van der Waals surface area contributed by atoms with Crippen molar-refractivity contribution in [3.05, 3.63) is 35.9 Å². The molecule has 0 aliphatic carbocycles. The monoisotopic (exact) mass is 369 g/mol. The molecule has 2 aromatic rings. The number of benzene rings is 2. The number of amides is 1. The van der Waals surface area contributed by atoms with Gasteiger partial charge in [-0.05, 0) is 23.4 Å². The molecule has 0 heterocycles. The first-order valence-electron chi connectivity index (χ1n) is 8.34. The van der Waals surface area contributed by atoms with E-state index in [4.69, 9.17) is 9.47 Å². The minimum atomic E-state index is -4.93. The first-order valence-corrected chi connectivity index (χ1v) is 8.34. The number of hydrogen-bond donors (Lipinski definition) is 1. The standard InChI is InChI=1S/C19H22F3NO3/c1-4-5-10-15(23-18(24)19(20,21)22)14-11-16(25-2)17(26-3)13-9-7-6-8-12(13)14/h6-9,11,15H,4-5,10H2,1-3H3,(H,23,24). The zero-order valence-corrected chi connectivity index (χ0v) is 14.9. The number of halogens is 3. The number of methoxy groups -OCH3 is 2. The summed E-state index contributed by atoms with van der Waals surface area (Å²) in [6, 6.07) is 8.06. The third-order valence-electron chi connectivity index (χ3n) is 4.20. The second-order valence-electron chi connectivity index (χ2n) is 5.91. The SMILES string of the molecule is CCCCC(NC(=O)C(F)(F)F)c1cc(OC)c(OC)c2ccccc12. The average molecular weight is 369 g/mol. The molecule has 0 aromatic heterocycles. The Kier molecular flexibility index (Phi) is 6.34. The number of unbranched alkanes of at least 4 members (excludes halogenated alkanes) is 1. The van der Waals surface area contributed by atoms with E-state index >= 15 is 0 Å². The van der Waals surface area contributed by atoms with Crippen LogP contribution < -0.4 is 14.8 Å². The highest BCUT2D eigenvalue weighted by atomic mass is 19.4. The fourth-order valence-corrected chi connectivity index (χ4v) is 2.95. The molecule has 4 nitrogen and oxygen atoms in total. The summed E-state index contributed by atoms with van der Waals surface area (Å²) >= 11 is 0. The number of rotatable bonds is 7. The number of nitrogens with one attached hydrogen (secondary N) is 1. The van der Waals surface area contributed by atoms with Crippen molar-refractivity contribution in [2.45, 2.75) is 38.4 Å². The summed E-state index contributed by atoms with van der Waals surface area (Å²) in [6.07, 6.45) is -3.08. The van der Waals surface area contributed by atoms with Crippen LogP contribution in [-0.2, 0) is 4.79 Å². The van der Waals surface area contributed by atoms with Gasteiger partial charge in [0, 0.05) is 5.39 Å². The second-order valence-corrected chi connectivity index (χ2v) is 5.91. The smallest absolute Gasteiger partial charge is 0.471 e. The molecule has 0 saturated carbocycles. The van der Waals surface area contributed by atoms with E-state index in [1.165, 1.54) is 14.2 Å². The molecule has 142 valence electrons. The Bertz CT molecular complexity index is 774. The van der Waals surface area contributed by atoms with Crippen LogP contribution in [0, 0.1) is 0 Å². The maximum Gasteiger partial charge on any atom is 0.471 e. The van der Waals surface area contributed by atoms with E-state index < -0.39 is 18.1 Å². The normalized spacial score (nSPS) is 12.7. The Morgan fingerprint density at radius 2 is 1.81 bits per heavy atom. The first kappa shape index (κ1) is 19.9. The Morgan fingerprint density at radius 3 is 2.35 bits per heavy atom. The lowest BCUT2D eigenvalue weighted by atomic mass is 9.94. The van der Waals surface area contributed by atoms with Crippen LogP contribution in [0.5, 0.6) is 11.5 Å². The summed E-state index contributed by atoms with van der Waals surface area (Å²) in [5.74, 6) is -1.04. The number of alkyl halides is 3. The number of carbonyl (C=O) groups excluding carboxylic acids is 1. The van der Waals surface area contributed by atoms with Crippen LogP contribution in [0.3, 0.4) is 0 Å². The minimum absolute atomic E-state index is 0.387. The van der Waals surface area contributed by atoms with Gasteiger partial charge < -0.3 is 14.8 Å². The Morgan fingerprint density at radius 1 is 1.15 bits per heavy atom. The molecule has 7 heteroatoms. The van der Waals surface area contributed by atoms with Crippen LogP contribution in [0.25, 0.3) is 10.8 Å². The molecule has 0 bridgehead atoms. The molecule has 1 N–H and O–H groups in total. The maximum atomic E-state index is 12.8. The van der Waals surface area contributed by atoms with Crippen LogP contribution in [0.2, 0.25) is 0 Å². The van der Waals surface area contributed by atoms with Gasteiger partial charge in [-0.25, -0.2) is 0 Å². The lowest BCUT2D eigenvalue weighted by Crippen LogP contribution is -2.39.